The number of aliphatic hydroxyl groups is 8. The molecule has 1 amide bonds. The zero-order chi connectivity index (χ0) is 56.0. The number of nitrogens with one attached hydrogen (secondary N) is 1. The SMILES string of the molecule is CCCCCCCC/C=C\CCCCCCCC(=O)NC(COC1OC(CO)C(OC2OC(CO)C(O)C(O)C2O)C(O)C1O)C(O)/C=C/CC/C=C/CC/C=C/CCCCCCCCCCCCCCCCCCCC. The number of unbranched alkanes of at least 4 members (excludes halogenated alkanes) is 31. The van der Waals surface area contributed by atoms with Crippen molar-refractivity contribution < 1.29 is 64.6 Å². The Morgan fingerprint density at radius 1 is 0.455 bits per heavy atom. The summed E-state index contributed by atoms with van der Waals surface area (Å²) in [6.45, 7) is 2.77. The maximum Gasteiger partial charge on any atom is 0.220 e. The minimum atomic E-state index is -1.79. The lowest BCUT2D eigenvalue weighted by Crippen LogP contribution is -2.65. The van der Waals surface area contributed by atoms with Crippen LogP contribution in [-0.4, -0.2) is 140 Å². The van der Waals surface area contributed by atoms with Gasteiger partial charge in [0, 0.05) is 6.42 Å². The molecule has 77 heavy (non-hydrogen) atoms. The number of rotatable bonds is 50. The Balaban J connectivity index is 1.75. The van der Waals surface area contributed by atoms with Crippen LogP contribution in [0, 0.1) is 0 Å². The van der Waals surface area contributed by atoms with Gasteiger partial charge in [0.25, 0.3) is 0 Å². The van der Waals surface area contributed by atoms with Crippen molar-refractivity contribution in [2.24, 2.45) is 0 Å². The van der Waals surface area contributed by atoms with Gasteiger partial charge in [0.15, 0.2) is 12.6 Å². The first-order valence-corrected chi connectivity index (χ1v) is 31.4. The molecule has 0 radical (unpaired) electrons. The third-order valence-electron chi connectivity index (χ3n) is 15.2. The van der Waals surface area contributed by atoms with E-state index in [2.05, 4.69) is 55.6 Å². The van der Waals surface area contributed by atoms with E-state index in [4.69, 9.17) is 18.9 Å². The number of allylic oxidation sites excluding steroid dienone is 7. The van der Waals surface area contributed by atoms with Crippen LogP contribution in [0.1, 0.15) is 251 Å². The molecule has 0 bridgehead atoms. The second-order valence-electron chi connectivity index (χ2n) is 22.2. The molecule has 2 aliphatic heterocycles. The molecule has 2 aliphatic rings. The summed E-state index contributed by atoms with van der Waals surface area (Å²) in [5.41, 5.74) is 0. The maximum atomic E-state index is 13.2. The van der Waals surface area contributed by atoms with Gasteiger partial charge in [0.1, 0.15) is 48.8 Å². The Hall–Kier alpha value is -2.05. The van der Waals surface area contributed by atoms with Gasteiger partial charge in [-0.1, -0.05) is 223 Å². The molecule has 2 fully saturated rings. The summed E-state index contributed by atoms with van der Waals surface area (Å²) < 4.78 is 22.8. The van der Waals surface area contributed by atoms with Crippen LogP contribution in [-0.2, 0) is 23.7 Å². The molecule has 0 aromatic carbocycles. The van der Waals surface area contributed by atoms with Crippen molar-refractivity contribution >= 4 is 5.91 Å². The lowest BCUT2D eigenvalue weighted by molar-refractivity contribution is -0.359. The smallest absolute Gasteiger partial charge is 0.220 e. The van der Waals surface area contributed by atoms with E-state index in [1.165, 1.54) is 154 Å². The fourth-order valence-corrected chi connectivity index (χ4v) is 10.1. The van der Waals surface area contributed by atoms with Gasteiger partial charge in [0.2, 0.25) is 5.91 Å². The van der Waals surface area contributed by atoms with Crippen molar-refractivity contribution in [1.82, 2.24) is 5.32 Å². The highest BCUT2D eigenvalue weighted by atomic mass is 16.7. The van der Waals surface area contributed by atoms with Crippen molar-refractivity contribution in [2.75, 3.05) is 19.8 Å². The number of carbonyl (C=O) groups is 1. The van der Waals surface area contributed by atoms with Crippen molar-refractivity contribution in [3.8, 4) is 0 Å². The zero-order valence-corrected chi connectivity index (χ0v) is 48.5. The molecule has 12 unspecified atom stereocenters. The van der Waals surface area contributed by atoms with E-state index in [0.29, 0.717) is 12.8 Å². The van der Waals surface area contributed by atoms with Gasteiger partial charge in [-0.15, -0.1) is 0 Å². The quantitative estimate of drug-likeness (QED) is 0.0204. The lowest BCUT2D eigenvalue weighted by atomic mass is 9.97. The highest BCUT2D eigenvalue weighted by Gasteiger charge is 2.51. The number of aliphatic hydroxyl groups excluding tert-OH is 8. The number of hydrogen-bond acceptors (Lipinski definition) is 13. The Bertz CT molecular complexity index is 1480. The molecule has 0 aromatic heterocycles. The van der Waals surface area contributed by atoms with Gasteiger partial charge in [-0.3, -0.25) is 4.79 Å². The van der Waals surface area contributed by atoms with Crippen molar-refractivity contribution in [1.29, 1.82) is 0 Å². The molecule has 0 aromatic rings. The van der Waals surface area contributed by atoms with Crippen LogP contribution in [0.25, 0.3) is 0 Å². The van der Waals surface area contributed by atoms with Gasteiger partial charge >= 0.3 is 0 Å². The molecule has 14 heteroatoms. The zero-order valence-electron chi connectivity index (χ0n) is 48.5. The Labute approximate surface area is 467 Å². The first-order valence-electron chi connectivity index (χ1n) is 31.4. The second-order valence-corrected chi connectivity index (χ2v) is 22.2. The third-order valence-corrected chi connectivity index (χ3v) is 15.2. The maximum absolute atomic E-state index is 13.2. The number of amides is 1. The lowest BCUT2D eigenvalue weighted by Gasteiger charge is -2.46. The van der Waals surface area contributed by atoms with Gasteiger partial charge in [-0.05, 0) is 70.6 Å². The van der Waals surface area contributed by atoms with E-state index in [0.717, 1.165) is 64.2 Å². The summed E-state index contributed by atoms with van der Waals surface area (Å²) in [6.07, 6.45) is 44.5. The molecular weight excluding hydrogens is 979 g/mol. The molecule has 2 rings (SSSR count). The standard InChI is InChI=1S/C63H115NO13/c1-3-5-7-9-11-13-15-17-19-20-21-22-23-24-25-26-27-28-29-30-31-33-34-36-38-40-42-44-46-52(67)51(64-55(68)47-45-43-41-39-37-35-32-18-16-14-12-10-8-6-4-2)50-74-62-60(73)58(71)61(54(49-66)76-62)77-63-59(72)57(70)56(69)53(48-65)75-63/h18,30-32,36,38,44,46,51-54,56-63,65-67,69-73H,3-17,19-29,33-35,37,39-43,45,47-50H2,1-2H3,(H,64,68)/b31-30+,32-18-,38-36+,46-44+. The van der Waals surface area contributed by atoms with Crippen LogP contribution >= 0.6 is 0 Å². The number of hydrogen-bond donors (Lipinski definition) is 9. The highest BCUT2D eigenvalue weighted by molar-refractivity contribution is 5.76. The van der Waals surface area contributed by atoms with E-state index in [9.17, 15) is 45.6 Å². The van der Waals surface area contributed by atoms with E-state index in [1.54, 1.807) is 6.08 Å². The topological polar surface area (TPSA) is 228 Å². The minimum absolute atomic E-state index is 0.259. The summed E-state index contributed by atoms with van der Waals surface area (Å²) in [5.74, 6) is -0.262. The number of ether oxygens (including phenoxy) is 4. The molecule has 450 valence electrons. The normalized spacial score (nSPS) is 25.0. The summed E-state index contributed by atoms with van der Waals surface area (Å²) in [4.78, 5) is 13.2. The van der Waals surface area contributed by atoms with Crippen LogP contribution in [0.4, 0.5) is 0 Å². The second kappa shape index (κ2) is 48.6. The molecule has 2 heterocycles. The van der Waals surface area contributed by atoms with E-state index < -0.39 is 86.8 Å². The average molecular weight is 1090 g/mol. The van der Waals surface area contributed by atoms with Crippen LogP contribution in [0.5, 0.6) is 0 Å². The van der Waals surface area contributed by atoms with Gasteiger partial charge < -0.3 is 65.1 Å². The molecule has 14 nitrogen and oxygen atoms in total. The van der Waals surface area contributed by atoms with Gasteiger partial charge in [-0.25, -0.2) is 0 Å². The summed E-state index contributed by atoms with van der Waals surface area (Å²) >= 11 is 0. The average Bonchev–Trinajstić information content (AvgIpc) is 3.44. The predicted molar refractivity (Wildman–Crippen MR) is 309 cm³/mol. The number of carbonyl (C=O) groups excluding carboxylic acids is 1. The highest BCUT2D eigenvalue weighted by Crippen LogP contribution is 2.30. The van der Waals surface area contributed by atoms with Crippen LogP contribution in [0.15, 0.2) is 48.6 Å². The fourth-order valence-electron chi connectivity index (χ4n) is 10.1. The molecular formula is C63H115NO13. The molecule has 2 saturated heterocycles. The molecule has 0 spiro atoms. The van der Waals surface area contributed by atoms with Crippen LogP contribution in [0.2, 0.25) is 0 Å². The van der Waals surface area contributed by atoms with E-state index in [-0.39, 0.29) is 18.9 Å². The Kier molecular flexibility index (Phi) is 44.9. The molecule has 12 atom stereocenters. The predicted octanol–water partition coefficient (Wildman–Crippen LogP) is 11.2. The largest absolute Gasteiger partial charge is 0.394 e. The van der Waals surface area contributed by atoms with Gasteiger partial charge in [-0.2, -0.15) is 0 Å². The summed E-state index contributed by atoms with van der Waals surface area (Å²) in [6, 6.07) is -0.943. The Morgan fingerprint density at radius 2 is 0.831 bits per heavy atom. The summed E-state index contributed by atoms with van der Waals surface area (Å²) in [5, 5.41) is 87.1. The first-order chi connectivity index (χ1) is 37.6. The Morgan fingerprint density at radius 3 is 1.27 bits per heavy atom. The molecule has 0 aliphatic carbocycles. The monoisotopic (exact) mass is 1090 g/mol. The van der Waals surface area contributed by atoms with Crippen molar-refractivity contribution in [3.63, 3.8) is 0 Å². The van der Waals surface area contributed by atoms with Crippen molar-refractivity contribution in [3.05, 3.63) is 48.6 Å². The van der Waals surface area contributed by atoms with Crippen LogP contribution in [0.3, 0.4) is 0 Å². The van der Waals surface area contributed by atoms with Crippen LogP contribution < -0.4 is 5.32 Å². The third kappa shape index (κ3) is 34.1. The van der Waals surface area contributed by atoms with Gasteiger partial charge in [0.05, 0.1) is 32.0 Å². The molecule has 0 saturated carbocycles. The minimum Gasteiger partial charge on any atom is -0.394 e. The molecule has 9 N–H and O–H groups in total. The van der Waals surface area contributed by atoms with E-state index >= 15 is 0 Å². The van der Waals surface area contributed by atoms with E-state index in [1.807, 2.05) is 6.08 Å². The first kappa shape index (κ1) is 71.1. The fraction of sp³-hybridized carbons (Fsp3) is 0.857. The van der Waals surface area contributed by atoms with Crippen molar-refractivity contribution in [2.45, 2.75) is 325 Å². The summed E-state index contributed by atoms with van der Waals surface area (Å²) in [7, 11) is 0.